The molecular weight excluding hydrogens is 383 g/mol. The second-order valence-electron chi connectivity index (χ2n) is 7.07. The number of nitrogens with zero attached hydrogens (tertiary/aromatic N) is 3. The summed E-state index contributed by atoms with van der Waals surface area (Å²) in [7, 11) is -2.33. The molecule has 22 heavy (non-hydrogen) atoms. The molecule has 0 spiro atoms. The van der Waals surface area contributed by atoms with E-state index in [9.17, 15) is 5.41 Å². The van der Waals surface area contributed by atoms with Crippen LogP contribution in [0.2, 0.25) is 38.3 Å². The van der Waals surface area contributed by atoms with E-state index in [0.717, 1.165) is 24.9 Å². The summed E-state index contributed by atoms with van der Waals surface area (Å²) in [6, 6.07) is 6.70. The SMILES string of the molecule is C[Si]1(C)CC[Si](C)(C)N1CCCC(=[N-])c1cccnc1.[Br-].[Mg+2]. The van der Waals surface area contributed by atoms with E-state index < -0.39 is 16.5 Å². The van der Waals surface area contributed by atoms with Gasteiger partial charge in [-0.2, -0.15) is 5.71 Å². The molecule has 0 unspecified atom stereocenters. The maximum absolute atomic E-state index is 10.1. The van der Waals surface area contributed by atoms with Crippen molar-refractivity contribution in [1.82, 2.24) is 9.22 Å². The Morgan fingerprint density at radius 2 is 1.82 bits per heavy atom. The Balaban J connectivity index is 0.00000220. The minimum atomic E-state index is -1.16. The predicted octanol–water partition coefficient (Wildman–Crippen LogP) is 0.569. The molecule has 1 aliphatic rings. The molecule has 0 saturated carbocycles. The van der Waals surface area contributed by atoms with Crippen molar-refractivity contribution in [3.63, 3.8) is 0 Å². The zero-order valence-electron chi connectivity index (χ0n) is 14.3. The van der Waals surface area contributed by atoms with E-state index in [1.165, 1.54) is 12.1 Å². The molecule has 3 nitrogen and oxygen atoms in total. The van der Waals surface area contributed by atoms with Gasteiger partial charge in [-0.25, -0.2) is 0 Å². The third kappa shape index (κ3) is 5.52. The fourth-order valence-electron chi connectivity index (χ4n) is 3.39. The number of hydrogen-bond acceptors (Lipinski definition) is 2. The predicted molar refractivity (Wildman–Crippen MR) is 98.0 cm³/mol. The van der Waals surface area contributed by atoms with Crippen molar-refractivity contribution >= 4 is 45.2 Å². The molecule has 0 amide bonds. The Labute approximate surface area is 163 Å². The van der Waals surface area contributed by atoms with Crippen LogP contribution in [0.5, 0.6) is 0 Å². The van der Waals surface area contributed by atoms with E-state index in [4.69, 9.17) is 0 Å². The van der Waals surface area contributed by atoms with Gasteiger partial charge in [0.25, 0.3) is 0 Å². The molecule has 0 atom stereocenters. The molecule has 1 fully saturated rings. The first-order chi connectivity index (χ1) is 9.33. The molecule has 2 heterocycles. The number of halogens is 1. The third-order valence-corrected chi connectivity index (χ3v) is 15.0. The Morgan fingerprint density at radius 3 is 2.32 bits per heavy atom. The summed E-state index contributed by atoms with van der Waals surface area (Å²) in [5.41, 5.74) is 1.35. The van der Waals surface area contributed by atoms with Gasteiger partial charge in [-0.15, -0.1) is 0 Å². The molecule has 1 aromatic rings. The standard InChI is InChI=1S/C15H26N3Si2.BrH.Mg/c1-19(2)11-12-20(3,4)18(19)10-6-8-15(16)14-7-5-9-17-13-14;;/h5,7,9,13H,6,8,10-12H2,1-4H3;1H;/q-1;;+2/p-1. The van der Waals surface area contributed by atoms with Crippen molar-refractivity contribution in [2.75, 3.05) is 6.54 Å². The fraction of sp³-hybridized carbons (Fsp3) is 0.600. The van der Waals surface area contributed by atoms with Crippen LogP contribution in [0.15, 0.2) is 24.5 Å². The van der Waals surface area contributed by atoms with Crippen LogP contribution in [0, 0.1) is 0 Å². The van der Waals surface area contributed by atoms with E-state index >= 15 is 0 Å². The fourth-order valence-corrected chi connectivity index (χ4v) is 17.6. The van der Waals surface area contributed by atoms with Crippen LogP contribution in [-0.2, 0) is 0 Å². The molecule has 7 heteroatoms. The molecule has 1 aliphatic heterocycles. The minimum absolute atomic E-state index is 0. The molecule has 1 aromatic heterocycles. The average molecular weight is 409 g/mol. The molecule has 118 valence electrons. The maximum atomic E-state index is 10.1. The Bertz CT molecular complexity index is 467. The normalized spacial score (nSPS) is 19.1. The van der Waals surface area contributed by atoms with E-state index in [1.54, 1.807) is 12.4 Å². The summed E-state index contributed by atoms with van der Waals surface area (Å²) in [6.45, 7) is 11.2. The topological polar surface area (TPSA) is 38.4 Å². The largest absolute Gasteiger partial charge is 2.00 e. The van der Waals surface area contributed by atoms with Gasteiger partial charge in [0.1, 0.15) is 16.5 Å². The van der Waals surface area contributed by atoms with Crippen LogP contribution in [0.3, 0.4) is 0 Å². The smallest absolute Gasteiger partial charge is 1.00 e. The van der Waals surface area contributed by atoms with Gasteiger partial charge in [0, 0.05) is 12.4 Å². The minimum Gasteiger partial charge on any atom is -1.00 e. The summed E-state index contributed by atoms with van der Waals surface area (Å²) < 4.78 is 2.87. The third-order valence-electron chi connectivity index (χ3n) is 4.60. The molecule has 0 aliphatic carbocycles. The summed E-state index contributed by atoms with van der Waals surface area (Å²) >= 11 is 0. The number of rotatable bonds is 5. The van der Waals surface area contributed by atoms with Gasteiger partial charge in [0.05, 0.1) is 0 Å². The van der Waals surface area contributed by atoms with Gasteiger partial charge in [0.15, 0.2) is 0 Å². The first-order valence-electron chi connectivity index (χ1n) is 7.56. The molecule has 1 saturated heterocycles. The van der Waals surface area contributed by atoms with Crippen LogP contribution < -0.4 is 17.0 Å². The summed E-state index contributed by atoms with van der Waals surface area (Å²) in [5, 5.41) is 10.1. The van der Waals surface area contributed by atoms with Crippen LogP contribution in [0.1, 0.15) is 18.4 Å². The van der Waals surface area contributed by atoms with E-state index in [0.29, 0.717) is 5.71 Å². The second-order valence-corrected chi connectivity index (χ2v) is 16.8. The van der Waals surface area contributed by atoms with Crippen molar-refractivity contribution in [2.45, 2.75) is 51.1 Å². The monoisotopic (exact) mass is 407 g/mol. The van der Waals surface area contributed by atoms with Crippen LogP contribution in [0.25, 0.3) is 5.41 Å². The summed E-state index contributed by atoms with van der Waals surface area (Å²) in [5.74, 6) is 0. The zero-order valence-corrected chi connectivity index (χ0v) is 19.3. The molecule has 0 aromatic carbocycles. The molecular formula is C15H26BrMgN3Si2. The van der Waals surface area contributed by atoms with Crippen LogP contribution in [0.4, 0.5) is 0 Å². The van der Waals surface area contributed by atoms with Crippen molar-refractivity contribution in [2.24, 2.45) is 0 Å². The van der Waals surface area contributed by atoms with Crippen molar-refractivity contribution in [3.05, 3.63) is 35.5 Å². The van der Waals surface area contributed by atoms with Crippen LogP contribution >= 0.6 is 0 Å². The molecule has 0 radical (unpaired) electrons. The second kappa shape index (κ2) is 9.08. The number of pyridine rings is 1. The van der Waals surface area contributed by atoms with E-state index in [-0.39, 0.29) is 40.0 Å². The van der Waals surface area contributed by atoms with Gasteiger partial charge in [-0.3, -0.25) is 4.98 Å². The summed E-state index contributed by atoms with van der Waals surface area (Å²) in [6.07, 6.45) is 5.29. The van der Waals surface area contributed by atoms with Crippen molar-refractivity contribution in [3.8, 4) is 0 Å². The quantitative estimate of drug-likeness (QED) is 0.528. The number of aromatic nitrogens is 1. The van der Waals surface area contributed by atoms with Crippen LogP contribution in [-0.4, -0.2) is 61.0 Å². The van der Waals surface area contributed by atoms with Gasteiger partial charge in [0.2, 0.25) is 0 Å². The maximum Gasteiger partial charge on any atom is 2.00 e. The zero-order chi connectivity index (χ0) is 14.8. The van der Waals surface area contributed by atoms with Gasteiger partial charge >= 0.3 is 23.1 Å². The number of hydrogen-bond donors (Lipinski definition) is 0. The van der Waals surface area contributed by atoms with E-state index in [2.05, 4.69) is 35.4 Å². The first kappa shape index (κ1) is 22.5. The van der Waals surface area contributed by atoms with Crippen molar-refractivity contribution in [1.29, 1.82) is 0 Å². The molecule has 0 bridgehead atoms. The van der Waals surface area contributed by atoms with Crippen molar-refractivity contribution < 1.29 is 17.0 Å². The average Bonchev–Trinajstić information content (AvgIpc) is 2.62. The van der Waals surface area contributed by atoms with Gasteiger partial charge in [-0.1, -0.05) is 32.3 Å². The van der Waals surface area contributed by atoms with Gasteiger partial charge in [-0.05, 0) is 43.1 Å². The van der Waals surface area contributed by atoms with Gasteiger partial charge < -0.3 is 26.6 Å². The van der Waals surface area contributed by atoms with E-state index in [1.807, 2.05) is 12.1 Å². The Kier molecular flexibility index (Phi) is 9.27. The molecule has 0 N–H and O–H groups in total. The Hall–Kier alpha value is 0.460. The first-order valence-corrected chi connectivity index (χ1v) is 13.9. The molecule has 2 rings (SSSR count). The summed E-state index contributed by atoms with van der Waals surface area (Å²) in [4.78, 5) is 4.06. The Morgan fingerprint density at radius 1 is 1.23 bits per heavy atom.